The molecule has 1 aromatic carbocycles. The van der Waals surface area contributed by atoms with Crippen molar-refractivity contribution in [2.75, 3.05) is 26.2 Å². The molecule has 148 valence electrons. The molecule has 0 radical (unpaired) electrons. The summed E-state index contributed by atoms with van der Waals surface area (Å²) in [5.74, 6) is 0.162. The molecule has 1 aromatic heterocycles. The average molecular weight is 398 g/mol. The van der Waals surface area contributed by atoms with Crippen LogP contribution < -0.4 is 5.32 Å². The molecule has 2 aromatic rings. The van der Waals surface area contributed by atoms with E-state index in [-0.39, 0.29) is 17.9 Å². The van der Waals surface area contributed by atoms with Crippen LogP contribution in [0.5, 0.6) is 0 Å². The highest BCUT2D eigenvalue weighted by Crippen LogP contribution is 2.28. The van der Waals surface area contributed by atoms with E-state index in [1.54, 1.807) is 11.3 Å². The Kier molecular flexibility index (Phi) is 6.07. The molecular formula is C22H27N3O2S. The minimum Gasteiger partial charge on any atom is -0.350 e. The number of rotatable bonds is 7. The number of carbonyl (C=O) groups is 2. The van der Waals surface area contributed by atoms with Crippen LogP contribution in [0.25, 0.3) is 0 Å². The zero-order valence-electron chi connectivity index (χ0n) is 16.1. The van der Waals surface area contributed by atoms with Crippen molar-refractivity contribution in [1.29, 1.82) is 0 Å². The van der Waals surface area contributed by atoms with Crippen LogP contribution in [0.3, 0.4) is 0 Å². The predicted octanol–water partition coefficient (Wildman–Crippen LogP) is 3.44. The first-order valence-corrected chi connectivity index (χ1v) is 11.0. The molecule has 2 saturated heterocycles. The molecule has 0 spiro atoms. The molecule has 1 unspecified atom stereocenters. The molecule has 3 heterocycles. The third kappa shape index (κ3) is 4.45. The van der Waals surface area contributed by atoms with Gasteiger partial charge in [-0.2, -0.15) is 0 Å². The van der Waals surface area contributed by atoms with Crippen molar-refractivity contribution in [3.8, 4) is 0 Å². The Hall–Kier alpha value is -2.18. The summed E-state index contributed by atoms with van der Waals surface area (Å²) < 4.78 is 0. The third-order valence-electron chi connectivity index (χ3n) is 5.64. The number of hydrogen-bond donors (Lipinski definition) is 1. The number of carbonyl (C=O) groups excluding carboxylic acids is 2. The van der Waals surface area contributed by atoms with E-state index in [2.05, 4.69) is 27.7 Å². The highest BCUT2D eigenvalue weighted by Gasteiger charge is 2.25. The van der Waals surface area contributed by atoms with Crippen molar-refractivity contribution < 1.29 is 9.59 Å². The molecule has 2 aliphatic rings. The highest BCUT2D eigenvalue weighted by molar-refractivity contribution is 7.10. The number of hydrogen-bond acceptors (Lipinski definition) is 4. The van der Waals surface area contributed by atoms with Gasteiger partial charge in [0.2, 0.25) is 5.91 Å². The monoisotopic (exact) mass is 397 g/mol. The second-order valence-electron chi connectivity index (χ2n) is 7.60. The molecule has 2 fully saturated rings. The highest BCUT2D eigenvalue weighted by atomic mass is 32.1. The van der Waals surface area contributed by atoms with Crippen LogP contribution in [0.15, 0.2) is 41.8 Å². The van der Waals surface area contributed by atoms with Crippen LogP contribution in [0, 0.1) is 0 Å². The fraction of sp³-hybridized carbons (Fsp3) is 0.455. The van der Waals surface area contributed by atoms with E-state index >= 15 is 0 Å². The SMILES string of the molecule is O=C(NCC(c1cccs1)N1CCCC1)c1cccc(CN2CCCC2=O)c1. The van der Waals surface area contributed by atoms with Crippen molar-refractivity contribution in [2.45, 2.75) is 38.3 Å². The van der Waals surface area contributed by atoms with Crippen molar-refractivity contribution >= 4 is 23.2 Å². The normalized spacial score (nSPS) is 18.6. The van der Waals surface area contributed by atoms with E-state index in [0.717, 1.165) is 31.6 Å². The van der Waals surface area contributed by atoms with Crippen LogP contribution >= 0.6 is 11.3 Å². The maximum atomic E-state index is 12.8. The van der Waals surface area contributed by atoms with Gasteiger partial charge in [-0.1, -0.05) is 18.2 Å². The number of thiophene rings is 1. The molecule has 1 atom stereocenters. The van der Waals surface area contributed by atoms with Gasteiger partial charge in [0.15, 0.2) is 0 Å². The van der Waals surface area contributed by atoms with Gasteiger partial charge in [0.1, 0.15) is 0 Å². The average Bonchev–Trinajstić information content (AvgIpc) is 3.47. The van der Waals surface area contributed by atoms with E-state index in [1.165, 1.54) is 17.7 Å². The smallest absolute Gasteiger partial charge is 0.251 e. The fourth-order valence-electron chi connectivity index (χ4n) is 4.14. The van der Waals surface area contributed by atoms with Crippen LogP contribution in [-0.2, 0) is 11.3 Å². The van der Waals surface area contributed by atoms with Crippen molar-refractivity contribution in [3.05, 3.63) is 57.8 Å². The van der Waals surface area contributed by atoms with Gasteiger partial charge in [-0.05, 0) is 61.5 Å². The minimum atomic E-state index is -0.0460. The standard InChI is InChI=1S/C22H27N3O2S/c26-21-9-4-12-25(21)16-17-6-3-7-18(14-17)22(27)23-15-19(20-8-5-13-28-20)24-10-1-2-11-24/h3,5-8,13-14,19H,1-2,4,9-12,15-16H2,(H,23,27). The second-order valence-corrected chi connectivity index (χ2v) is 8.58. The van der Waals surface area contributed by atoms with Gasteiger partial charge >= 0.3 is 0 Å². The van der Waals surface area contributed by atoms with E-state index in [9.17, 15) is 9.59 Å². The maximum Gasteiger partial charge on any atom is 0.251 e. The van der Waals surface area contributed by atoms with Gasteiger partial charge in [0.25, 0.3) is 5.91 Å². The molecule has 2 amide bonds. The maximum absolute atomic E-state index is 12.8. The Bertz CT molecular complexity index is 815. The lowest BCUT2D eigenvalue weighted by Crippen LogP contribution is -2.36. The fourth-order valence-corrected chi connectivity index (χ4v) is 5.00. The lowest BCUT2D eigenvalue weighted by atomic mass is 10.1. The summed E-state index contributed by atoms with van der Waals surface area (Å²) in [5.41, 5.74) is 1.67. The van der Waals surface area contributed by atoms with E-state index < -0.39 is 0 Å². The minimum absolute atomic E-state index is 0.0460. The zero-order chi connectivity index (χ0) is 19.3. The van der Waals surface area contributed by atoms with Gasteiger partial charge in [-0.15, -0.1) is 11.3 Å². The van der Waals surface area contributed by atoms with Crippen LogP contribution in [0.1, 0.15) is 52.5 Å². The van der Waals surface area contributed by atoms with Crippen molar-refractivity contribution in [3.63, 3.8) is 0 Å². The molecule has 0 aliphatic carbocycles. The summed E-state index contributed by atoms with van der Waals surface area (Å²) in [6, 6.07) is 12.1. The van der Waals surface area contributed by atoms with E-state index in [1.807, 2.05) is 29.2 Å². The molecule has 0 saturated carbocycles. The summed E-state index contributed by atoms with van der Waals surface area (Å²) >= 11 is 1.76. The molecule has 6 heteroatoms. The van der Waals surface area contributed by atoms with Crippen LogP contribution in [0.4, 0.5) is 0 Å². The Balaban J connectivity index is 1.40. The number of benzene rings is 1. The van der Waals surface area contributed by atoms with Gasteiger partial charge in [0, 0.05) is 36.5 Å². The lowest BCUT2D eigenvalue weighted by molar-refractivity contribution is -0.128. The van der Waals surface area contributed by atoms with Gasteiger partial charge in [0.05, 0.1) is 6.04 Å². The predicted molar refractivity (Wildman–Crippen MR) is 111 cm³/mol. The Morgan fingerprint density at radius 1 is 1.11 bits per heavy atom. The zero-order valence-corrected chi connectivity index (χ0v) is 16.9. The second kappa shape index (κ2) is 8.88. The first kappa shape index (κ1) is 19.2. The summed E-state index contributed by atoms with van der Waals surface area (Å²) in [6.45, 7) is 4.21. The lowest BCUT2D eigenvalue weighted by Gasteiger charge is -2.27. The van der Waals surface area contributed by atoms with Crippen molar-refractivity contribution in [2.24, 2.45) is 0 Å². The van der Waals surface area contributed by atoms with Gasteiger partial charge < -0.3 is 10.2 Å². The topological polar surface area (TPSA) is 52.7 Å². The largest absolute Gasteiger partial charge is 0.350 e. The summed E-state index contributed by atoms with van der Waals surface area (Å²) in [6.07, 6.45) is 4.03. The number of nitrogens with one attached hydrogen (secondary N) is 1. The van der Waals surface area contributed by atoms with E-state index in [0.29, 0.717) is 25.1 Å². The quantitative estimate of drug-likeness (QED) is 0.779. The van der Waals surface area contributed by atoms with Crippen molar-refractivity contribution in [1.82, 2.24) is 15.1 Å². The van der Waals surface area contributed by atoms with Gasteiger partial charge in [-0.25, -0.2) is 0 Å². The first-order valence-electron chi connectivity index (χ1n) is 10.1. The molecule has 5 nitrogen and oxygen atoms in total. The Morgan fingerprint density at radius 3 is 2.68 bits per heavy atom. The molecule has 28 heavy (non-hydrogen) atoms. The summed E-state index contributed by atoms with van der Waals surface area (Å²) in [7, 11) is 0. The number of nitrogens with zero attached hydrogens (tertiary/aromatic N) is 2. The van der Waals surface area contributed by atoms with Gasteiger partial charge in [-0.3, -0.25) is 14.5 Å². The van der Waals surface area contributed by atoms with Crippen LogP contribution in [-0.4, -0.2) is 47.8 Å². The number of amides is 2. The van der Waals surface area contributed by atoms with Crippen LogP contribution in [0.2, 0.25) is 0 Å². The molecule has 2 aliphatic heterocycles. The van der Waals surface area contributed by atoms with E-state index in [4.69, 9.17) is 0 Å². The Labute approximate surface area is 170 Å². The number of likely N-dealkylation sites (tertiary alicyclic amines) is 2. The molecule has 4 rings (SSSR count). The third-order valence-corrected chi connectivity index (χ3v) is 6.62. The molecular weight excluding hydrogens is 370 g/mol. The summed E-state index contributed by atoms with van der Waals surface area (Å²) in [4.78, 5) is 30.3. The first-order chi connectivity index (χ1) is 13.7. The summed E-state index contributed by atoms with van der Waals surface area (Å²) in [5, 5.41) is 5.24. The molecule has 0 bridgehead atoms. The molecule has 1 N–H and O–H groups in total. The Morgan fingerprint density at radius 2 is 1.96 bits per heavy atom.